The number of nitrogens with zero attached hydrogens (tertiary/aromatic N) is 1. The van der Waals surface area contributed by atoms with Gasteiger partial charge in [-0.15, -0.1) is 0 Å². The molecule has 3 heteroatoms. The minimum Gasteiger partial charge on any atom is -0.481 e. The summed E-state index contributed by atoms with van der Waals surface area (Å²) in [5, 5.41) is 9.05. The van der Waals surface area contributed by atoms with Crippen LogP contribution in [0, 0.1) is 17.3 Å². The maximum Gasteiger partial charge on any atom is 0.307 e. The van der Waals surface area contributed by atoms with Gasteiger partial charge in [0.2, 0.25) is 0 Å². The third-order valence-electron chi connectivity index (χ3n) is 4.77. The average molecular weight is 269 g/mol. The molecule has 1 fully saturated rings. The van der Waals surface area contributed by atoms with Crippen LogP contribution in [0.3, 0.4) is 0 Å². The molecule has 0 aromatic heterocycles. The van der Waals surface area contributed by atoms with Gasteiger partial charge in [0.05, 0.1) is 5.92 Å². The highest BCUT2D eigenvalue weighted by atomic mass is 16.4. The summed E-state index contributed by atoms with van der Waals surface area (Å²) < 4.78 is 0. The zero-order valence-corrected chi connectivity index (χ0v) is 13.3. The smallest absolute Gasteiger partial charge is 0.307 e. The fourth-order valence-electron chi connectivity index (χ4n) is 3.27. The summed E-state index contributed by atoms with van der Waals surface area (Å²) in [6.45, 7) is 12.6. The molecule has 1 N–H and O–H groups in total. The van der Waals surface area contributed by atoms with Crippen LogP contribution in [0.1, 0.15) is 60.3 Å². The minimum atomic E-state index is -0.679. The van der Waals surface area contributed by atoms with Crippen molar-refractivity contribution < 1.29 is 9.90 Å². The van der Waals surface area contributed by atoms with Crippen LogP contribution in [0.5, 0.6) is 0 Å². The monoisotopic (exact) mass is 269 g/mol. The number of hydrogen-bond donors (Lipinski definition) is 1. The lowest BCUT2D eigenvalue weighted by atomic mass is 9.71. The van der Waals surface area contributed by atoms with E-state index in [4.69, 9.17) is 5.11 Å². The van der Waals surface area contributed by atoms with Gasteiger partial charge in [-0.25, -0.2) is 0 Å². The van der Waals surface area contributed by atoms with Gasteiger partial charge in [0.1, 0.15) is 0 Å². The standard InChI is InChI=1S/C16H31NO2/c1-6-17(11-12(2)15(18)19)14-9-7-13(8-10-14)16(3,4)5/h12-14H,6-11H2,1-5H3,(H,18,19). The van der Waals surface area contributed by atoms with E-state index >= 15 is 0 Å². The second kappa shape index (κ2) is 6.74. The van der Waals surface area contributed by atoms with Gasteiger partial charge in [-0.3, -0.25) is 9.69 Å². The lowest BCUT2D eigenvalue weighted by Gasteiger charge is -2.41. The van der Waals surface area contributed by atoms with Crippen LogP contribution < -0.4 is 0 Å². The minimum absolute atomic E-state index is 0.264. The SMILES string of the molecule is CCN(CC(C)C(=O)O)C1CCC(C(C)(C)C)CC1. The van der Waals surface area contributed by atoms with Gasteiger partial charge < -0.3 is 5.11 Å². The summed E-state index contributed by atoms with van der Waals surface area (Å²) in [4.78, 5) is 13.4. The van der Waals surface area contributed by atoms with E-state index in [0.29, 0.717) is 18.0 Å². The molecule has 0 saturated heterocycles. The van der Waals surface area contributed by atoms with Crippen LogP contribution in [0.4, 0.5) is 0 Å². The Morgan fingerprint density at radius 3 is 2.16 bits per heavy atom. The van der Waals surface area contributed by atoms with Crippen LogP contribution in [-0.2, 0) is 4.79 Å². The topological polar surface area (TPSA) is 40.5 Å². The van der Waals surface area contributed by atoms with Crippen LogP contribution in [0.25, 0.3) is 0 Å². The Kier molecular flexibility index (Phi) is 5.84. The number of aliphatic carboxylic acids is 1. The lowest BCUT2D eigenvalue weighted by molar-refractivity contribution is -0.142. The van der Waals surface area contributed by atoms with Crippen molar-refractivity contribution in [3.63, 3.8) is 0 Å². The van der Waals surface area contributed by atoms with Crippen molar-refractivity contribution in [3.05, 3.63) is 0 Å². The van der Waals surface area contributed by atoms with E-state index in [1.807, 2.05) is 6.92 Å². The maximum absolute atomic E-state index is 11.0. The Morgan fingerprint density at radius 1 is 1.26 bits per heavy atom. The molecule has 1 saturated carbocycles. The van der Waals surface area contributed by atoms with E-state index in [9.17, 15) is 4.79 Å². The first-order chi connectivity index (χ1) is 8.75. The normalized spacial score (nSPS) is 26.4. The molecule has 112 valence electrons. The van der Waals surface area contributed by atoms with Crippen molar-refractivity contribution in [2.24, 2.45) is 17.3 Å². The number of hydrogen-bond acceptors (Lipinski definition) is 2. The third kappa shape index (κ3) is 4.79. The highest BCUT2D eigenvalue weighted by Crippen LogP contribution is 2.39. The summed E-state index contributed by atoms with van der Waals surface area (Å²) >= 11 is 0. The number of carboxylic acids is 1. The van der Waals surface area contributed by atoms with Crippen molar-refractivity contribution in [2.75, 3.05) is 13.1 Å². The van der Waals surface area contributed by atoms with Crippen molar-refractivity contribution >= 4 is 5.97 Å². The fourth-order valence-corrected chi connectivity index (χ4v) is 3.27. The van der Waals surface area contributed by atoms with E-state index in [-0.39, 0.29) is 5.92 Å². The average Bonchev–Trinajstić information content (AvgIpc) is 2.34. The number of carboxylic acid groups (broad SMARTS) is 1. The summed E-state index contributed by atoms with van der Waals surface area (Å²) in [6, 6.07) is 0.588. The van der Waals surface area contributed by atoms with E-state index in [2.05, 4.69) is 32.6 Å². The van der Waals surface area contributed by atoms with Crippen molar-refractivity contribution in [1.29, 1.82) is 0 Å². The van der Waals surface area contributed by atoms with E-state index in [1.165, 1.54) is 25.7 Å². The molecule has 1 aliphatic carbocycles. The molecule has 0 bridgehead atoms. The lowest BCUT2D eigenvalue weighted by Crippen LogP contribution is -2.42. The molecule has 0 aliphatic heterocycles. The van der Waals surface area contributed by atoms with Crippen molar-refractivity contribution in [2.45, 2.75) is 66.3 Å². The highest BCUT2D eigenvalue weighted by molar-refractivity contribution is 5.69. The Labute approximate surface area is 118 Å². The molecule has 0 spiro atoms. The van der Waals surface area contributed by atoms with Gasteiger partial charge in [0, 0.05) is 12.6 Å². The molecule has 1 atom stereocenters. The third-order valence-corrected chi connectivity index (χ3v) is 4.77. The van der Waals surface area contributed by atoms with Gasteiger partial charge in [-0.05, 0) is 43.6 Å². The molecular weight excluding hydrogens is 238 g/mol. The molecule has 0 radical (unpaired) electrons. The predicted octanol–water partition coefficient (Wildman–Crippen LogP) is 3.63. The first-order valence-electron chi connectivity index (χ1n) is 7.72. The van der Waals surface area contributed by atoms with E-state index in [1.54, 1.807) is 0 Å². The molecule has 1 aliphatic rings. The Hall–Kier alpha value is -0.570. The molecule has 19 heavy (non-hydrogen) atoms. The first kappa shape index (κ1) is 16.5. The maximum atomic E-state index is 11.0. The molecule has 0 heterocycles. The zero-order chi connectivity index (χ0) is 14.6. The molecule has 0 amide bonds. The zero-order valence-electron chi connectivity index (χ0n) is 13.3. The fraction of sp³-hybridized carbons (Fsp3) is 0.938. The van der Waals surface area contributed by atoms with Gasteiger partial charge in [-0.2, -0.15) is 0 Å². The van der Waals surface area contributed by atoms with Gasteiger partial charge in [0.15, 0.2) is 0 Å². The summed E-state index contributed by atoms with van der Waals surface area (Å²) in [5.74, 6) is -0.124. The molecule has 1 rings (SSSR count). The Morgan fingerprint density at radius 2 is 1.79 bits per heavy atom. The quantitative estimate of drug-likeness (QED) is 0.828. The van der Waals surface area contributed by atoms with Crippen LogP contribution >= 0.6 is 0 Å². The van der Waals surface area contributed by atoms with E-state index in [0.717, 1.165) is 12.5 Å². The predicted molar refractivity (Wildman–Crippen MR) is 79.2 cm³/mol. The van der Waals surface area contributed by atoms with Crippen molar-refractivity contribution in [3.8, 4) is 0 Å². The molecule has 3 nitrogen and oxygen atoms in total. The molecule has 0 aromatic carbocycles. The first-order valence-corrected chi connectivity index (χ1v) is 7.72. The number of carbonyl (C=O) groups is 1. The molecular formula is C16H31NO2. The van der Waals surface area contributed by atoms with Gasteiger partial charge in [-0.1, -0.05) is 34.6 Å². The van der Waals surface area contributed by atoms with Crippen LogP contribution in [0.2, 0.25) is 0 Å². The summed E-state index contributed by atoms with van der Waals surface area (Å²) in [7, 11) is 0. The van der Waals surface area contributed by atoms with E-state index < -0.39 is 5.97 Å². The van der Waals surface area contributed by atoms with Crippen LogP contribution in [-0.4, -0.2) is 35.1 Å². The van der Waals surface area contributed by atoms with Crippen molar-refractivity contribution in [1.82, 2.24) is 4.90 Å². The Balaban J connectivity index is 2.50. The molecule has 1 unspecified atom stereocenters. The number of rotatable bonds is 5. The second-order valence-corrected chi connectivity index (χ2v) is 7.20. The summed E-state index contributed by atoms with van der Waals surface area (Å²) in [5.41, 5.74) is 0.413. The Bertz CT molecular complexity index is 288. The second-order valence-electron chi connectivity index (χ2n) is 7.20. The van der Waals surface area contributed by atoms with Gasteiger partial charge in [0.25, 0.3) is 0 Å². The summed E-state index contributed by atoms with van der Waals surface area (Å²) in [6.07, 6.45) is 5.02. The molecule has 0 aromatic rings. The van der Waals surface area contributed by atoms with Gasteiger partial charge >= 0.3 is 5.97 Å². The highest BCUT2D eigenvalue weighted by Gasteiger charge is 2.32. The van der Waals surface area contributed by atoms with Crippen LogP contribution in [0.15, 0.2) is 0 Å². The largest absolute Gasteiger partial charge is 0.481 e.